The van der Waals surface area contributed by atoms with Gasteiger partial charge in [-0.15, -0.1) is 11.3 Å². The standard InChI is InChI=1S/C18H23NOS/c1-3-16(13-7-9-14(20-2)10-8-13)19-17-5-4-6-18-15(17)11-12-21-18/h7-12,16-17,19H,3-6H2,1-2H3. The Labute approximate surface area is 131 Å². The lowest BCUT2D eigenvalue weighted by molar-refractivity contribution is 0.394. The van der Waals surface area contributed by atoms with Crippen LogP contribution < -0.4 is 10.1 Å². The summed E-state index contributed by atoms with van der Waals surface area (Å²) < 4.78 is 5.25. The van der Waals surface area contributed by atoms with Crippen LogP contribution >= 0.6 is 11.3 Å². The summed E-state index contributed by atoms with van der Waals surface area (Å²) in [5.41, 5.74) is 2.87. The van der Waals surface area contributed by atoms with Gasteiger partial charge in [0.25, 0.3) is 0 Å². The zero-order chi connectivity index (χ0) is 14.7. The molecule has 0 saturated carbocycles. The summed E-state index contributed by atoms with van der Waals surface area (Å²) >= 11 is 1.91. The number of rotatable bonds is 5. The highest BCUT2D eigenvalue weighted by Crippen LogP contribution is 2.35. The molecule has 2 unspecified atom stereocenters. The van der Waals surface area contributed by atoms with Gasteiger partial charge < -0.3 is 10.1 Å². The molecule has 0 amide bonds. The van der Waals surface area contributed by atoms with E-state index in [2.05, 4.69) is 48.0 Å². The molecule has 1 N–H and O–H groups in total. The zero-order valence-electron chi connectivity index (χ0n) is 12.8. The van der Waals surface area contributed by atoms with Crippen LogP contribution in [0.15, 0.2) is 35.7 Å². The monoisotopic (exact) mass is 301 g/mol. The number of aryl methyl sites for hydroxylation is 1. The highest BCUT2D eigenvalue weighted by Gasteiger charge is 2.23. The molecule has 3 heteroatoms. The lowest BCUT2D eigenvalue weighted by Gasteiger charge is -2.29. The van der Waals surface area contributed by atoms with Crippen molar-refractivity contribution < 1.29 is 4.74 Å². The third-order valence-corrected chi connectivity index (χ3v) is 5.38. The van der Waals surface area contributed by atoms with Gasteiger partial charge in [0.15, 0.2) is 0 Å². The third-order valence-electron chi connectivity index (χ3n) is 4.38. The molecule has 0 aliphatic heterocycles. The Balaban J connectivity index is 1.76. The minimum absolute atomic E-state index is 0.409. The van der Waals surface area contributed by atoms with Crippen LogP contribution in [0.1, 0.15) is 54.3 Å². The van der Waals surface area contributed by atoms with Crippen LogP contribution in [0.4, 0.5) is 0 Å². The molecular weight excluding hydrogens is 278 g/mol. The summed E-state index contributed by atoms with van der Waals surface area (Å²) in [7, 11) is 1.71. The van der Waals surface area contributed by atoms with Crippen molar-refractivity contribution in [2.45, 2.75) is 44.7 Å². The minimum Gasteiger partial charge on any atom is -0.497 e. The van der Waals surface area contributed by atoms with Gasteiger partial charge in [-0.05, 0) is 60.4 Å². The number of thiophene rings is 1. The van der Waals surface area contributed by atoms with E-state index >= 15 is 0 Å². The number of fused-ring (bicyclic) bond motifs is 1. The smallest absolute Gasteiger partial charge is 0.118 e. The summed E-state index contributed by atoms with van der Waals surface area (Å²) in [6.07, 6.45) is 4.90. The van der Waals surface area contributed by atoms with Crippen LogP contribution in [0.25, 0.3) is 0 Å². The van der Waals surface area contributed by atoms with Crippen molar-refractivity contribution in [2.24, 2.45) is 0 Å². The summed E-state index contributed by atoms with van der Waals surface area (Å²) in [6.45, 7) is 2.25. The van der Waals surface area contributed by atoms with Crippen LogP contribution in [0, 0.1) is 0 Å². The molecule has 1 aliphatic carbocycles. The fraction of sp³-hybridized carbons (Fsp3) is 0.444. The normalized spacial score (nSPS) is 19.0. The van der Waals surface area contributed by atoms with Gasteiger partial charge in [-0.1, -0.05) is 19.1 Å². The first-order valence-corrected chi connectivity index (χ1v) is 8.66. The molecule has 0 radical (unpaired) electrons. The van der Waals surface area contributed by atoms with E-state index in [9.17, 15) is 0 Å². The minimum atomic E-state index is 0.409. The van der Waals surface area contributed by atoms with Gasteiger partial charge in [0.1, 0.15) is 5.75 Å². The Hall–Kier alpha value is -1.32. The molecule has 0 fully saturated rings. The Kier molecular flexibility index (Phi) is 4.61. The maximum atomic E-state index is 5.25. The first kappa shape index (κ1) is 14.6. The van der Waals surface area contributed by atoms with Gasteiger partial charge in [-0.3, -0.25) is 0 Å². The summed E-state index contributed by atoms with van der Waals surface area (Å²) in [6, 6.07) is 11.7. The lowest BCUT2D eigenvalue weighted by atomic mass is 9.92. The lowest BCUT2D eigenvalue weighted by Crippen LogP contribution is -2.28. The number of hydrogen-bond acceptors (Lipinski definition) is 3. The Morgan fingerprint density at radius 2 is 2.10 bits per heavy atom. The molecule has 1 aliphatic rings. The third kappa shape index (κ3) is 3.14. The number of nitrogens with one attached hydrogen (secondary N) is 1. The number of methoxy groups -OCH3 is 1. The molecule has 1 aromatic heterocycles. The number of ether oxygens (including phenoxy) is 1. The van der Waals surface area contributed by atoms with Gasteiger partial charge in [0.2, 0.25) is 0 Å². The van der Waals surface area contributed by atoms with E-state index in [1.165, 1.54) is 30.4 Å². The Morgan fingerprint density at radius 3 is 2.81 bits per heavy atom. The number of benzene rings is 1. The largest absolute Gasteiger partial charge is 0.497 e. The molecule has 0 spiro atoms. The van der Waals surface area contributed by atoms with Gasteiger partial charge in [0.05, 0.1) is 7.11 Å². The Morgan fingerprint density at radius 1 is 1.29 bits per heavy atom. The predicted molar refractivity (Wildman–Crippen MR) is 89.2 cm³/mol. The van der Waals surface area contributed by atoms with Gasteiger partial charge in [-0.2, -0.15) is 0 Å². The van der Waals surface area contributed by atoms with E-state index in [1.54, 1.807) is 12.0 Å². The predicted octanol–water partition coefficient (Wildman–Crippen LogP) is 4.88. The average Bonchev–Trinajstić information content (AvgIpc) is 3.02. The van der Waals surface area contributed by atoms with Crippen LogP contribution in [0.3, 0.4) is 0 Å². The molecule has 2 nitrogen and oxygen atoms in total. The molecule has 0 saturated heterocycles. The second kappa shape index (κ2) is 6.63. The van der Waals surface area contributed by atoms with E-state index in [4.69, 9.17) is 4.74 Å². The van der Waals surface area contributed by atoms with Crippen LogP contribution in [0.5, 0.6) is 5.75 Å². The summed E-state index contributed by atoms with van der Waals surface area (Å²) in [4.78, 5) is 1.57. The van der Waals surface area contributed by atoms with E-state index in [0.29, 0.717) is 12.1 Å². The maximum absolute atomic E-state index is 5.25. The molecule has 0 bridgehead atoms. The first-order valence-electron chi connectivity index (χ1n) is 7.78. The maximum Gasteiger partial charge on any atom is 0.118 e. The fourth-order valence-corrected chi connectivity index (χ4v) is 4.18. The molecule has 2 aromatic rings. The molecule has 112 valence electrons. The average molecular weight is 301 g/mol. The number of hydrogen-bond donors (Lipinski definition) is 1. The molecule has 2 atom stereocenters. The SMILES string of the molecule is CCC(NC1CCCc2sccc21)c1ccc(OC)cc1. The van der Waals surface area contributed by atoms with Gasteiger partial charge in [0, 0.05) is 17.0 Å². The molecule has 21 heavy (non-hydrogen) atoms. The van der Waals surface area contributed by atoms with E-state index < -0.39 is 0 Å². The van der Waals surface area contributed by atoms with Crippen molar-refractivity contribution in [3.8, 4) is 5.75 Å². The van der Waals surface area contributed by atoms with Crippen molar-refractivity contribution in [3.63, 3.8) is 0 Å². The topological polar surface area (TPSA) is 21.3 Å². The van der Waals surface area contributed by atoms with E-state index in [0.717, 1.165) is 12.2 Å². The summed E-state index contributed by atoms with van der Waals surface area (Å²) in [5, 5.41) is 6.10. The van der Waals surface area contributed by atoms with Gasteiger partial charge >= 0.3 is 0 Å². The molecule has 1 heterocycles. The van der Waals surface area contributed by atoms with Crippen LogP contribution in [-0.4, -0.2) is 7.11 Å². The van der Waals surface area contributed by atoms with Gasteiger partial charge in [-0.25, -0.2) is 0 Å². The van der Waals surface area contributed by atoms with Crippen molar-refractivity contribution in [1.82, 2.24) is 5.32 Å². The van der Waals surface area contributed by atoms with Crippen LogP contribution in [0.2, 0.25) is 0 Å². The van der Waals surface area contributed by atoms with Crippen molar-refractivity contribution >= 4 is 11.3 Å². The zero-order valence-corrected chi connectivity index (χ0v) is 13.6. The first-order chi connectivity index (χ1) is 10.3. The fourth-order valence-electron chi connectivity index (χ4n) is 3.19. The molecule has 3 rings (SSSR count). The molecular formula is C18H23NOS. The molecule has 1 aromatic carbocycles. The quantitative estimate of drug-likeness (QED) is 0.850. The highest BCUT2D eigenvalue weighted by atomic mass is 32.1. The second-order valence-electron chi connectivity index (χ2n) is 5.64. The van der Waals surface area contributed by atoms with Crippen LogP contribution in [-0.2, 0) is 6.42 Å². The Bertz CT molecular complexity index is 575. The van der Waals surface area contributed by atoms with Crippen molar-refractivity contribution in [3.05, 3.63) is 51.7 Å². The van der Waals surface area contributed by atoms with Crippen molar-refractivity contribution in [1.29, 1.82) is 0 Å². The van der Waals surface area contributed by atoms with E-state index in [-0.39, 0.29) is 0 Å². The van der Waals surface area contributed by atoms with E-state index in [1.807, 2.05) is 11.3 Å². The second-order valence-corrected chi connectivity index (χ2v) is 6.65. The highest BCUT2D eigenvalue weighted by molar-refractivity contribution is 7.10. The van der Waals surface area contributed by atoms with Crippen molar-refractivity contribution in [2.75, 3.05) is 7.11 Å². The summed E-state index contributed by atoms with van der Waals surface area (Å²) in [5.74, 6) is 0.923.